The second-order valence-electron chi connectivity index (χ2n) is 5.68. The highest BCUT2D eigenvalue weighted by Crippen LogP contribution is 2.33. The molecule has 0 saturated heterocycles. The average molecular weight is 452 g/mol. The Morgan fingerprint density at radius 3 is 2.71 bits per heavy atom. The van der Waals surface area contributed by atoms with Gasteiger partial charge in [0.15, 0.2) is 0 Å². The van der Waals surface area contributed by atoms with Crippen molar-refractivity contribution in [3.8, 4) is 0 Å². The molecule has 11 heteroatoms. The molecular weight excluding hydrogens is 435 g/mol. The summed E-state index contributed by atoms with van der Waals surface area (Å²) in [6, 6.07) is 4.10. The number of thioether (sulfide) groups is 1. The summed E-state index contributed by atoms with van der Waals surface area (Å²) in [6.07, 6.45) is -3.68. The van der Waals surface area contributed by atoms with E-state index in [2.05, 4.69) is 15.6 Å². The Hall–Kier alpha value is -1.78. The van der Waals surface area contributed by atoms with Gasteiger partial charge in [0.25, 0.3) is 0 Å². The Labute approximate surface area is 173 Å². The predicted molar refractivity (Wildman–Crippen MR) is 103 cm³/mol. The number of rotatable bonds is 8. The van der Waals surface area contributed by atoms with E-state index in [-0.39, 0.29) is 34.8 Å². The van der Waals surface area contributed by atoms with Gasteiger partial charge in [-0.1, -0.05) is 17.7 Å². The number of carbonyl (C=O) groups excluding carboxylic acids is 2. The van der Waals surface area contributed by atoms with Gasteiger partial charge in [-0.2, -0.15) is 13.2 Å². The van der Waals surface area contributed by atoms with E-state index in [1.165, 1.54) is 18.3 Å². The molecule has 152 valence electrons. The molecule has 1 atom stereocenters. The fraction of sp³-hybridized carbons (Fsp3) is 0.353. The fourth-order valence-electron chi connectivity index (χ4n) is 2.24. The SMILES string of the molecule is CC(=O)NC(CC(=O)NCCSc1ncc(C(F)(F)F)cc1Cl)c1cccs1. The van der Waals surface area contributed by atoms with E-state index in [1.807, 2.05) is 17.5 Å². The summed E-state index contributed by atoms with van der Waals surface area (Å²) < 4.78 is 37.8. The van der Waals surface area contributed by atoms with Gasteiger partial charge in [0.05, 0.1) is 23.0 Å². The Balaban J connectivity index is 1.81. The number of halogens is 4. The number of aromatic nitrogens is 1. The third-order valence-corrected chi connectivity index (χ3v) is 5.84. The van der Waals surface area contributed by atoms with E-state index in [0.29, 0.717) is 5.75 Å². The summed E-state index contributed by atoms with van der Waals surface area (Å²) in [6.45, 7) is 1.66. The van der Waals surface area contributed by atoms with E-state index in [0.717, 1.165) is 28.9 Å². The molecule has 2 aromatic rings. The summed E-state index contributed by atoms with van der Waals surface area (Å²) in [5.74, 6) is -0.0998. The lowest BCUT2D eigenvalue weighted by molar-refractivity contribution is -0.138. The zero-order valence-electron chi connectivity index (χ0n) is 14.7. The van der Waals surface area contributed by atoms with Crippen molar-refractivity contribution in [2.75, 3.05) is 12.3 Å². The maximum Gasteiger partial charge on any atom is 0.417 e. The third-order valence-electron chi connectivity index (χ3n) is 3.45. The van der Waals surface area contributed by atoms with Gasteiger partial charge in [-0.15, -0.1) is 23.1 Å². The topological polar surface area (TPSA) is 71.1 Å². The van der Waals surface area contributed by atoms with Crippen LogP contribution in [-0.2, 0) is 15.8 Å². The molecule has 0 aromatic carbocycles. The first-order valence-electron chi connectivity index (χ1n) is 8.09. The second-order valence-corrected chi connectivity index (χ2v) is 8.15. The van der Waals surface area contributed by atoms with Gasteiger partial charge in [0.1, 0.15) is 5.03 Å². The minimum Gasteiger partial charge on any atom is -0.355 e. The molecule has 0 aliphatic carbocycles. The van der Waals surface area contributed by atoms with Gasteiger partial charge in [-0.05, 0) is 17.5 Å². The molecule has 0 radical (unpaired) electrons. The molecule has 2 N–H and O–H groups in total. The molecule has 1 unspecified atom stereocenters. The van der Waals surface area contributed by atoms with Gasteiger partial charge in [-0.3, -0.25) is 9.59 Å². The standard InChI is InChI=1S/C17H17ClF3N3O2S2/c1-10(25)24-13(14-3-2-5-27-14)8-15(26)22-4-6-28-16-12(18)7-11(9-23-16)17(19,20)21/h2-3,5,7,9,13H,4,6,8H2,1H3,(H,22,26)(H,24,25). The van der Waals surface area contributed by atoms with Crippen molar-refractivity contribution in [1.82, 2.24) is 15.6 Å². The molecule has 0 spiro atoms. The van der Waals surface area contributed by atoms with E-state index in [4.69, 9.17) is 11.6 Å². The smallest absolute Gasteiger partial charge is 0.355 e. The van der Waals surface area contributed by atoms with Crippen LogP contribution in [0, 0.1) is 0 Å². The van der Waals surface area contributed by atoms with Crippen molar-refractivity contribution >= 4 is 46.5 Å². The molecule has 2 amide bonds. The number of nitrogens with zero attached hydrogens (tertiary/aromatic N) is 1. The summed E-state index contributed by atoms with van der Waals surface area (Å²) >= 11 is 8.43. The van der Waals surface area contributed by atoms with Crippen molar-refractivity contribution in [3.05, 3.63) is 45.2 Å². The van der Waals surface area contributed by atoms with E-state index in [1.54, 1.807) is 0 Å². The number of pyridine rings is 1. The monoisotopic (exact) mass is 451 g/mol. The predicted octanol–water partition coefficient (Wildman–Crippen LogP) is 4.29. The maximum atomic E-state index is 12.6. The van der Waals surface area contributed by atoms with Crippen LogP contribution in [0.4, 0.5) is 13.2 Å². The lowest BCUT2D eigenvalue weighted by atomic mass is 10.1. The molecular formula is C17H17ClF3N3O2S2. The number of hydrogen-bond acceptors (Lipinski definition) is 5. The molecule has 0 fully saturated rings. The van der Waals surface area contributed by atoms with Crippen molar-refractivity contribution < 1.29 is 22.8 Å². The summed E-state index contributed by atoms with van der Waals surface area (Å²) in [5.41, 5.74) is -0.909. The first-order valence-corrected chi connectivity index (χ1v) is 10.3. The van der Waals surface area contributed by atoms with Crippen molar-refractivity contribution in [2.24, 2.45) is 0 Å². The van der Waals surface area contributed by atoms with Crippen LogP contribution in [0.15, 0.2) is 34.8 Å². The highest BCUT2D eigenvalue weighted by molar-refractivity contribution is 7.99. The van der Waals surface area contributed by atoms with Crippen molar-refractivity contribution in [3.63, 3.8) is 0 Å². The number of nitrogens with one attached hydrogen (secondary N) is 2. The zero-order chi connectivity index (χ0) is 20.7. The molecule has 0 aliphatic rings. The van der Waals surface area contributed by atoms with Gasteiger partial charge < -0.3 is 10.6 Å². The lowest BCUT2D eigenvalue weighted by Crippen LogP contribution is -2.33. The average Bonchev–Trinajstić information content (AvgIpc) is 3.12. The maximum absolute atomic E-state index is 12.6. The number of alkyl halides is 3. The van der Waals surface area contributed by atoms with Crippen molar-refractivity contribution in [2.45, 2.75) is 30.6 Å². The second kappa shape index (κ2) is 10.1. The molecule has 0 bridgehead atoms. The van der Waals surface area contributed by atoms with E-state index in [9.17, 15) is 22.8 Å². The van der Waals surface area contributed by atoms with E-state index < -0.39 is 17.8 Å². The summed E-state index contributed by atoms with van der Waals surface area (Å²) in [4.78, 5) is 28.1. The van der Waals surface area contributed by atoms with Crippen LogP contribution in [0.5, 0.6) is 0 Å². The minimum absolute atomic E-state index is 0.0873. The molecule has 28 heavy (non-hydrogen) atoms. The zero-order valence-corrected chi connectivity index (χ0v) is 17.1. The quantitative estimate of drug-likeness (QED) is 0.464. The summed E-state index contributed by atoms with van der Waals surface area (Å²) in [7, 11) is 0. The Bertz CT molecular complexity index is 816. The molecule has 0 aliphatic heterocycles. The summed E-state index contributed by atoms with van der Waals surface area (Å²) in [5, 5.41) is 7.49. The molecule has 5 nitrogen and oxygen atoms in total. The number of thiophene rings is 1. The minimum atomic E-state index is -4.50. The van der Waals surface area contributed by atoms with Crippen LogP contribution in [0.1, 0.15) is 29.8 Å². The molecule has 2 heterocycles. The lowest BCUT2D eigenvalue weighted by Gasteiger charge is -2.16. The molecule has 2 aromatic heterocycles. The highest BCUT2D eigenvalue weighted by Gasteiger charge is 2.31. The largest absolute Gasteiger partial charge is 0.417 e. The normalized spacial score (nSPS) is 12.5. The third kappa shape index (κ3) is 6.99. The van der Waals surface area contributed by atoms with Crippen LogP contribution in [-0.4, -0.2) is 29.1 Å². The first-order chi connectivity index (χ1) is 13.2. The van der Waals surface area contributed by atoms with Gasteiger partial charge in [-0.25, -0.2) is 4.98 Å². The Kier molecular flexibility index (Phi) is 8.14. The van der Waals surface area contributed by atoms with Gasteiger partial charge in [0, 0.05) is 30.3 Å². The number of hydrogen-bond donors (Lipinski definition) is 2. The van der Waals surface area contributed by atoms with Crippen LogP contribution in [0.3, 0.4) is 0 Å². The van der Waals surface area contributed by atoms with Crippen LogP contribution in [0.2, 0.25) is 5.02 Å². The van der Waals surface area contributed by atoms with Crippen LogP contribution in [0.25, 0.3) is 0 Å². The molecule has 0 saturated carbocycles. The highest BCUT2D eigenvalue weighted by atomic mass is 35.5. The van der Waals surface area contributed by atoms with E-state index >= 15 is 0 Å². The fourth-order valence-corrected chi connectivity index (χ4v) is 4.07. The van der Waals surface area contributed by atoms with Crippen LogP contribution >= 0.6 is 34.7 Å². The van der Waals surface area contributed by atoms with Crippen molar-refractivity contribution in [1.29, 1.82) is 0 Å². The molecule has 2 rings (SSSR count). The first kappa shape index (κ1) is 22.5. The Morgan fingerprint density at radius 1 is 1.39 bits per heavy atom. The van der Waals surface area contributed by atoms with Gasteiger partial charge in [0.2, 0.25) is 11.8 Å². The van der Waals surface area contributed by atoms with Gasteiger partial charge >= 0.3 is 6.18 Å². The Morgan fingerprint density at radius 2 is 2.14 bits per heavy atom. The van der Waals surface area contributed by atoms with Crippen LogP contribution < -0.4 is 10.6 Å². The number of amides is 2. The number of carbonyl (C=O) groups is 2.